The summed E-state index contributed by atoms with van der Waals surface area (Å²) in [4.78, 5) is 17.8. The van der Waals surface area contributed by atoms with Gasteiger partial charge in [-0.2, -0.15) is 0 Å². The summed E-state index contributed by atoms with van der Waals surface area (Å²) in [6.45, 7) is 16.8. The molecule has 6 aromatic carbocycles. The monoisotopic (exact) mass is 1000 g/mol. The summed E-state index contributed by atoms with van der Waals surface area (Å²) in [6, 6.07) is 60.6. The lowest BCUT2D eigenvalue weighted by molar-refractivity contribution is -0.130. The molecular weight excluding hydrogens is 927 g/mol. The van der Waals surface area contributed by atoms with Crippen LogP contribution in [0.1, 0.15) is 92.6 Å². The van der Waals surface area contributed by atoms with E-state index in [2.05, 4.69) is 217 Å². The normalized spacial score (nSPS) is 20.0. The second-order valence-electron chi connectivity index (χ2n) is 21.5. The van der Waals surface area contributed by atoms with E-state index in [1.54, 1.807) is 14.2 Å². The Morgan fingerprint density at radius 1 is 0.676 bits per heavy atom. The van der Waals surface area contributed by atoms with E-state index in [-0.39, 0.29) is 40.0 Å². The molecule has 0 spiro atoms. The lowest BCUT2D eigenvalue weighted by atomic mass is 9.90. The lowest BCUT2D eigenvalue weighted by Crippen LogP contribution is -2.68. The average Bonchev–Trinajstić information content (AvgIpc) is 3.80. The second kappa shape index (κ2) is 22.3. The molecule has 6 nitrogen and oxygen atoms in total. The van der Waals surface area contributed by atoms with E-state index in [9.17, 15) is 0 Å². The Labute approximate surface area is 431 Å². The number of benzene rings is 6. The van der Waals surface area contributed by atoms with Crippen LogP contribution in [0.5, 0.6) is 11.5 Å². The molecule has 0 bridgehead atoms. The van der Waals surface area contributed by atoms with Crippen molar-refractivity contribution in [3.05, 3.63) is 188 Å². The maximum absolute atomic E-state index is 15.1. The lowest BCUT2D eigenvalue weighted by Gasteiger charge is -2.46. The van der Waals surface area contributed by atoms with Crippen LogP contribution in [0.2, 0.25) is 10.1 Å². The summed E-state index contributed by atoms with van der Waals surface area (Å²) in [7, 11) is -2.70. The Bertz CT molecular complexity index is 2600. The number of rotatable bonds is 20. The van der Waals surface area contributed by atoms with Crippen molar-refractivity contribution in [2.24, 2.45) is 11.8 Å². The smallest absolute Gasteiger partial charge is 0.261 e. The number of carbonyl (C=O) groups is 1. The summed E-state index contributed by atoms with van der Waals surface area (Å²) in [6.07, 6.45) is 9.62. The highest BCUT2D eigenvalue weighted by Gasteiger charge is 2.65. The minimum atomic E-state index is -3.11. The molecule has 4 unspecified atom stereocenters. The SMILES string of the molecule is CCCCC[C@@H](C=CC1C(O[Si](c2ccccc2)(c2ccccc2)C(C)(C)C)CC2(Sc3ccccc3)C1CC(=O)N2Cc1ccc(OC)cc1OC)O[Si](c1ccccc1)(c1ccccc1)C(C)(C)C. The highest BCUT2D eigenvalue weighted by molar-refractivity contribution is 8.00. The topological polar surface area (TPSA) is 57.2 Å². The third-order valence-corrected chi connectivity index (χ3v) is 26.8. The average molecular weight is 1000 g/mol. The number of unbranched alkanes of at least 4 members (excludes halogenated alkanes) is 2. The van der Waals surface area contributed by atoms with Gasteiger partial charge in [-0.3, -0.25) is 4.79 Å². The molecule has 9 heteroatoms. The first-order chi connectivity index (χ1) is 34.2. The van der Waals surface area contributed by atoms with E-state index < -0.39 is 21.5 Å². The van der Waals surface area contributed by atoms with Crippen molar-refractivity contribution >= 4 is 55.1 Å². The fraction of sp³-hybridized carbons (Fsp3) is 0.371. The summed E-state index contributed by atoms with van der Waals surface area (Å²) >= 11 is 1.83. The summed E-state index contributed by atoms with van der Waals surface area (Å²) < 4.78 is 28.0. The number of thioether (sulfide) groups is 1. The first kappa shape index (κ1) is 52.2. The molecule has 5 atom stereocenters. The molecule has 1 aliphatic heterocycles. The number of nitrogens with zero attached hydrogens (tertiary/aromatic N) is 1. The minimum absolute atomic E-state index is 0.0897. The molecule has 2 aliphatic rings. The summed E-state index contributed by atoms with van der Waals surface area (Å²) in [5.41, 5.74) is 0.938. The fourth-order valence-electron chi connectivity index (χ4n) is 11.7. The van der Waals surface area contributed by atoms with Crippen LogP contribution in [-0.2, 0) is 20.2 Å². The third kappa shape index (κ3) is 10.5. The number of methoxy groups -OCH3 is 2. The van der Waals surface area contributed by atoms with Gasteiger partial charge in [-0.15, -0.1) is 0 Å². The van der Waals surface area contributed by atoms with Gasteiger partial charge >= 0.3 is 0 Å². The maximum atomic E-state index is 15.1. The Hall–Kier alpha value is -5.17. The molecule has 1 aliphatic carbocycles. The second-order valence-corrected chi connectivity index (χ2v) is 31.4. The van der Waals surface area contributed by atoms with Gasteiger partial charge in [-0.05, 0) is 61.5 Å². The molecule has 0 N–H and O–H groups in total. The van der Waals surface area contributed by atoms with Gasteiger partial charge in [0.15, 0.2) is 0 Å². The fourth-order valence-corrected chi connectivity index (χ4v) is 22.7. The summed E-state index contributed by atoms with van der Waals surface area (Å²) in [5.74, 6) is 1.33. The molecule has 0 radical (unpaired) electrons. The number of ether oxygens (including phenoxy) is 2. The molecule has 1 saturated heterocycles. The quantitative estimate of drug-likeness (QED) is 0.0431. The Morgan fingerprint density at radius 3 is 1.66 bits per heavy atom. The molecule has 71 heavy (non-hydrogen) atoms. The van der Waals surface area contributed by atoms with Crippen LogP contribution < -0.4 is 30.2 Å². The van der Waals surface area contributed by atoms with E-state index in [1.807, 2.05) is 30.0 Å². The number of hydrogen-bond donors (Lipinski definition) is 0. The molecule has 0 aromatic heterocycles. The largest absolute Gasteiger partial charge is 0.497 e. The van der Waals surface area contributed by atoms with Crippen molar-refractivity contribution in [2.75, 3.05) is 14.2 Å². The molecule has 1 amide bonds. The first-order valence-corrected chi connectivity index (χ1v) is 30.4. The Balaban J connectivity index is 1.33. The van der Waals surface area contributed by atoms with E-state index in [4.69, 9.17) is 18.3 Å². The minimum Gasteiger partial charge on any atom is -0.497 e. The van der Waals surface area contributed by atoms with Gasteiger partial charge in [0.1, 0.15) is 16.4 Å². The molecule has 1 saturated carbocycles. The van der Waals surface area contributed by atoms with E-state index in [1.165, 1.54) is 20.7 Å². The number of carbonyl (C=O) groups excluding carboxylic acids is 1. The highest BCUT2D eigenvalue weighted by atomic mass is 32.2. The van der Waals surface area contributed by atoms with Crippen molar-refractivity contribution in [3.8, 4) is 11.5 Å². The van der Waals surface area contributed by atoms with Gasteiger partial charge < -0.3 is 23.2 Å². The predicted octanol–water partition coefficient (Wildman–Crippen LogP) is 12.6. The first-order valence-electron chi connectivity index (χ1n) is 25.7. The zero-order valence-corrected chi connectivity index (χ0v) is 46.3. The van der Waals surface area contributed by atoms with Gasteiger partial charge in [0.2, 0.25) is 5.91 Å². The maximum Gasteiger partial charge on any atom is 0.261 e. The summed E-state index contributed by atoms with van der Waals surface area (Å²) in [5, 5.41) is 4.56. The van der Waals surface area contributed by atoms with Crippen molar-refractivity contribution in [1.82, 2.24) is 4.90 Å². The molecule has 2 fully saturated rings. The van der Waals surface area contributed by atoms with Crippen LogP contribution in [0, 0.1) is 11.8 Å². The van der Waals surface area contributed by atoms with Crippen molar-refractivity contribution in [2.45, 2.75) is 126 Å². The number of hydrogen-bond acceptors (Lipinski definition) is 6. The van der Waals surface area contributed by atoms with Gasteiger partial charge in [0, 0.05) is 41.2 Å². The van der Waals surface area contributed by atoms with Crippen molar-refractivity contribution < 1.29 is 23.1 Å². The van der Waals surface area contributed by atoms with E-state index >= 15 is 4.79 Å². The highest BCUT2D eigenvalue weighted by Crippen LogP contribution is 2.61. The van der Waals surface area contributed by atoms with Gasteiger partial charge in [0.05, 0.1) is 33.0 Å². The van der Waals surface area contributed by atoms with Gasteiger partial charge in [0.25, 0.3) is 16.6 Å². The van der Waals surface area contributed by atoms with Crippen LogP contribution in [0.3, 0.4) is 0 Å². The van der Waals surface area contributed by atoms with Gasteiger partial charge in [-0.1, -0.05) is 231 Å². The molecule has 372 valence electrons. The third-order valence-electron chi connectivity index (χ3n) is 15.1. The number of fused-ring (bicyclic) bond motifs is 1. The van der Waals surface area contributed by atoms with Crippen molar-refractivity contribution in [1.29, 1.82) is 0 Å². The van der Waals surface area contributed by atoms with Crippen molar-refractivity contribution in [3.63, 3.8) is 0 Å². The van der Waals surface area contributed by atoms with Gasteiger partial charge in [-0.25, -0.2) is 0 Å². The Kier molecular flexibility index (Phi) is 16.4. The van der Waals surface area contributed by atoms with Crippen LogP contribution in [0.15, 0.2) is 187 Å². The zero-order chi connectivity index (χ0) is 50.3. The van der Waals surface area contributed by atoms with E-state index in [0.29, 0.717) is 30.9 Å². The number of likely N-dealkylation sites (tertiary alicyclic amines) is 1. The van der Waals surface area contributed by atoms with Crippen LogP contribution >= 0.6 is 11.8 Å². The van der Waals surface area contributed by atoms with Crippen LogP contribution in [0.4, 0.5) is 0 Å². The van der Waals surface area contributed by atoms with E-state index in [0.717, 1.165) is 36.1 Å². The molecule has 1 heterocycles. The zero-order valence-electron chi connectivity index (χ0n) is 43.5. The molecule has 6 aromatic rings. The number of amides is 1. The standard InChI is InChI=1S/C62H75NO5SSi2/c1-10-11-17-28-48(67-70(60(2,3)4,51-31-20-13-21-32-51)52-33-22-14-23-34-52)41-42-55-56-44-59(64)63(46-47-39-40-49(65-8)43-57(47)66-9)62(56,69-50-29-18-12-19-30-50)45-58(55)68-71(61(5,6)7,53-35-24-15-25-36-53)54-37-26-16-27-38-54/h12-16,18-27,29-43,48,55-56,58H,10-11,17,28,44-46H2,1-9H3/t48-,55?,56?,58?,62?/m0/s1. The molecule has 8 rings (SSSR count). The predicted molar refractivity (Wildman–Crippen MR) is 300 cm³/mol. The van der Waals surface area contributed by atoms with Crippen LogP contribution in [-0.4, -0.2) is 58.7 Å². The van der Waals surface area contributed by atoms with Crippen LogP contribution in [0.25, 0.3) is 0 Å². The Morgan fingerprint density at radius 2 is 1.18 bits per heavy atom. The molecular formula is C62H75NO5SSi2.